The van der Waals surface area contributed by atoms with Gasteiger partial charge in [-0.15, -0.1) is 12.4 Å². The van der Waals surface area contributed by atoms with Gasteiger partial charge in [0.2, 0.25) is 15.9 Å². The van der Waals surface area contributed by atoms with Crippen LogP contribution in [0.1, 0.15) is 19.8 Å². The molecule has 1 aliphatic heterocycles. The van der Waals surface area contributed by atoms with Gasteiger partial charge >= 0.3 is 0 Å². The third kappa shape index (κ3) is 6.60. The van der Waals surface area contributed by atoms with Crippen molar-refractivity contribution in [1.82, 2.24) is 10.0 Å². The van der Waals surface area contributed by atoms with Crippen molar-refractivity contribution in [1.29, 1.82) is 0 Å². The summed E-state index contributed by atoms with van der Waals surface area (Å²) in [6.07, 6.45) is 1.16. The van der Waals surface area contributed by atoms with E-state index in [0.29, 0.717) is 18.7 Å². The summed E-state index contributed by atoms with van der Waals surface area (Å²) in [5.41, 5.74) is 0.605. The molecule has 0 aromatic heterocycles. The van der Waals surface area contributed by atoms with Crippen LogP contribution in [0.2, 0.25) is 0 Å². The van der Waals surface area contributed by atoms with E-state index in [-0.39, 0.29) is 29.3 Å². The van der Waals surface area contributed by atoms with E-state index in [9.17, 15) is 13.2 Å². The molecule has 1 saturated heterocycles. The van der Waals surface area contributed by atoms with Crippen LogP contribution in [0.5, 0.6) is 0 Å². The number of sulfonamides is 1. The molecule has 136 valence electrons. The van der Waals surface area contributed by atoms with Crippen molar-refractivity contribution in [2.45, 2.75) is 30.7 Å². The highest BCUT2D eigenvalue weighted by Gasteiger charge is 2.17. The Morgan fingerprint density at radius 1 is 1.33 bits per heavy atom. The van der Waals surface area contributed by atoms with Crippen molar-refractivity contribution >= 4 is 45.8 Å². The maximum absolute atomic E-state index is 12.0. The molecule has 1 aromatic rings. The molecule has 1 fully saturated rings. The number of amides is 1. The monoisotopic (exact) mass is 393 g/mol. The van der Waals surface area contributed by atoms with Crippen LogP contribution in [-0.2, 0) is 14.8 Å². The number of benzene rings is 1. The highest BCUT2D eigenvalue weighted by Crippen LogP contribution is 2.15. The lowest BCUT2D eigenvalue weighted by molar-refractivity contribution is -0.116. The average Bonchev–Trinajstić information content (AvgIpc) is 2.54. The molecule has 1 atom stereocenters. The summed E-state index contributed by atoms with van der Waals surface area (Å²) in [6, 6.07) is 6.43. The van der Waals surface area contributed by atoms with E-state index >= 15 is 0 Å². The van der Waals surface area contributed by atoms with Crippen molar-refractivity contribution in [2.75, 3.05) is 29.9 Å². The Kier molecular flexibility index (Phi) is 9.07. The molecule has 1 heterocycles. The van der Waals surface area contributed by atoms with Crippen molar-refractivity contribution in [3.8, 4) is 0 Å². The van der Waals surface area contributed by atoms with Crippen LogP contribution in [0.3, 0.4) is 0 Å². The number of anilines is 1. The van der Waals surface area contributed by atoms with Gasteiger partial charge in [-0.3, -0.25) is 4.79 Å². The van der Waals surface area contributed by atoms with E-state index < -0.39 is 10.0 Å². The molecule has 1 aliphatic rings. The second kappa shape index (κ2) is 10.2. The van der Waals surface area contributed by atoms with Gasteiger partial charge in [-0.25, -0.2) is 13.1 Å². The number of carbonyl (C=O) groups excluding carboxylic acids is 1. The van der Waals surface area contributed by atoms with Crippen LogP contribution in [0.15, 0.2) is 29.2 Å². The van der Waals surface area contributed by atoms with Gasteiger partial charge in [-0.2, -0.15) is 11.8 Å². The molecule has 6 nitrogen and oxygen atoms in total. The van der Waals surface area contributed by atoms with E-state index in [1.165, 1.54) is 12.1 Å². The zero-order chi connectivity index (χ0) is 16.7. The predicted octanol–water partition coefficient (Wildman–Crippen LogP) is 1.83. The van der Waals surface area contributed by atoms with Crippen LogP contribution in [-0.4, -0.2) is 45.0 Å². The average molecular weight is 394 g/mol. The maximum atomic E-state index is 12.0. The van der Waals surface area contributed by atoms with E-state index in [1.807, 2.05) is 18.7 Å². The van der Waals surface area contributed by atoms with E-state index in [0.717, 1.165) is 24.5 Å². The topological polar surface area (TPSA) is 87.3 Å². The zero-order valence-electron chi connectivity index (χ0n) is 13.6. The fourth-order valence-corrected chi connectivity index (χ4v) is 4.31. The Balaban J connectivity index is 0.00000288. The fraction of sp³-hybridized carbons (Fsp3) is 0.533. The number of thioether (sulfide) groups is 1. The molecule has 0 radical (unpaired) electrons. The number of hydrogen-bond acceptors (Lipinski definition) is 5. The van der Waals surface area contributed by atoms with Crippen LogP contribution >= 0.6 is 24.2 Å². The molecule has 1 aromatic carbocycles. The second-order valence-electron chi connectivity index (χ2n) is 5.40. The van der Waals surface area contributed by atoms with Gasteiger partial charge in [0.1, 0.15) is 0 Å². The minimum atomic E-state index is -3.47. The molecular formula is C15H24ClN3O3S2. The lowest BCUT2D eigenvalue weighted by atomic mass is 10.2. The Bertz CT molecular complexity index is 617. The van der Waals surface area contributed by atoms with Crippen molar-refractivity contribution in [3.05, 3.63) is 24.3 Å². The normalized spacial score (nSPS) is 17.8. The molecule has 0 spiro atoms. The third-order valence-electron chi connectivity index (χ3n) is 3.42. The third-order valence-corrected chi connectivity index (χ3v) is 6.03. The summed E-state index contributed by atoms with van der Waals surface area (Å²) in [4.78, 5) is 12.2. The summed E-state index contributed by atoms with van der Waals surface area (Å²) < 4.78 is 26.5. The predicted molar refractivity (Wildman–Crippen MR) is 102 cm³/mol. The van der Waals surface area contributed by atoms with Crippen molar-refractivity contribution in [2.24, 2.45) is 0 Å². The summed E-state index contributed by atoms with van der Waals surface area (Å²) >= 11 is 1.85. The quantitative estimate of drug-likeness (QED) is 0.657. The van der Waals surface area contributed by atoms with Crippen molar-refractivity contribution < 1.29 is 13.2 Å². The number of carbonyl (C=O) groups is 1. The molecule has 0 bridgehead atoms. The van der Waals surface area contributed by atoms with Gasteiger partial charge in [-0.05, 0) is 30.7 Å². The molecular weight excluding hydrogens is 370 g/mol. The largest absolute Gasteiger partial charge is 0.326 e. The highest BCUT2D eigenvalue weighted by molar-refractivity contribution is 7.99. The van der Waals surface area contributed by atoms with Gasteiger partial charge < -0.3 is 10.6 Å². The van der Waals surface area contributed by atoms with Crippen LogP contribution in [0, 0.1) is 0 Å². The highest BCUT2D eigenvalue weighted by atomic mass is 35.5. The molecule has 1 unspecified atom stereocenters. The second-order valence-corrected chi connectivity index (χ2v) is 8.32. The first kappa shape index (κ1) is 21.2. The Labute approximate surface area is 154 Å². The minimum absolute atomic E-state index is 0. The van der Waals surface area contributed by atoms with E-state index in [4.69, 9.17) is 0 Å². The molecule has 9 heteroatoms. The first-order valence-electron chi connectivity index (χ1n) is 7.72. The van der Waals surface area contributed by atoms with Crippen LogP contribution in [0.4, 0.5) is 5.69 Å². The smallest absolute Gasteiger partial charge is 0.240 e. The number of nitrogens with one attached hydrogen (secondary N) is 3. The summed E-state index contributed by atoms with van der Waals surface area (Å²) in [7, 11) is -3.47. The molecule has 1 amide bonds. The first-order chi connectivity index (χ1) is 11.0. The Hall–Kier alpha value is -0.800. The van der Waals surface area contributed by atoms with Crippen LogP contribution in [0.25, 0.3) is 0 Å². The standard InChI is InChI=1S/C15H23N3O3S2.ClH/c1-2-7-17-23(20,21)14-5-3-12(4-6-14)18-15(19)10-13-11-22-9-8-16-13;/h3-6,13,16-17H,2,7-11H2,1H3,(H,18,19);1H. The summed E-state index contributed by atoms with van der Waals surface area (Å²) in [5.74, 6) is 1.96. The Morgan fingerprint density at radius 2 is 2.04 bits per heavy atom. The van der Waals surface area contributed by atoms with Crippen LogP contribution < -0.4 is 15.4 Å². The van der Waals surface area contributed by atoms with Gasteiger partial charge in [0.15, 0.2) is 0 Å². The zero-order valence-corrected chi connectivity index (χ0v) is 16.0. The molecule has 0 aliphatic carbocycles. The molecule has 3 N–H and O–H groups in total. The van der Waals surface area contributed by atoms with E-state index in [2.05, 4.69) is 15.4 Å². The molecule has 24 heavy (non-hydrogen) atoms. The van der Waals surface area contributed by atoms with Gasteiger partial charge in [0, 0.05) is 42.7 Å². The summed E-state index contributed by atoms with van der Waals surface area (Å²) in [5, 5.41) is 6.12. The lowest BCUT2D eigenvalue weighted by Gasteiger charge is -2.22. The van der Waals surface area contributed by atoms with E-state index in [1.54, 1.807) is 12.1 Å². The lowest BCUT2D eigenvalue weighted by Crippen LogP contribution is -2.39. The van der Waals surface area contributed by atoms with Gasteiger partial charge in [0.25, 0.3) is 0 Å². The fourth-order valence-electron chi connectivity index (χ4n) is 2.22. The first-order valence-corrected chi connectivity index (χ1v) is 10.4. The Morgan fingerprint density at radius 3 is 2.62 bits per heavy atom. The number of rotatable bonds is 7. The summed E-state index contributed by atoms with van der Waals surface area (Å²) in [6.45, 7) is 3.24. The minimum Gasteiger partial charge on any atom is -0.326 e. The molecule has 0 saturated carbocycles. The maximum Gasteiger partial charge on any atom is 0.240 e. The van der Waals surface area contributed by atoms with Gasteiger partial charge in [-0.1, -0.05) is 6.92 Å². The SMILES string of the molecule is CCCNS(=O)(=O)c1ccc(NC(=O)CC2CSCCN2)cc1.Cl. The molecule has 2 rings (SSSR count). The van der Waals surface area contributed by atoms with Gasteiger partial charge in [0.05, 0.1) is 4.90 Å². The number of hydrogen-bond donors (Lipinski definition) is 3. The van der Waals surface area contributed by atoms with Crippen molar-refractivity contribution in [3.63, 3.8) is 0 Å². The number of halogens is 1.